The second kappa shape index (κ2) is 7.09. The number of amides is 1. The standard InChI is InChI=1S/C19H23F2N5O3S/c1-12(2)18(27)25-7-14(17-23-22-11-24(17)3)19(8-25)9-26(10-19)30(28,29)16-5-4-13(20)6-15(16)21/h4-6,11-12,14H,7-10H2,1-3H3. The lowest BCUT2D eigenvalue weighted by molar-refractivity contribution is -0.134. The van der Waals surface area contributed by atoms with Crippen molar-refractivity contribution in [2.24, 2.45) is 18.4 Å². The summed E-state index contributed by atoms with van der Waals surface area (Å²) in [6.45, 7) is 4.68. The molecule has 1 aromatic carbocycles. The Hall–Kier alpha value is -2.40. The first-order valence-corrected chi connectivity index (χ1v) is 11.1. The number of hydrogen-bond acceptors (Lipinski definition) is 5. The number of aromatic nitrogens is 3. The van der Waals surface area contributed by atoms with Gasteiger partial charge in [0.1, 0.15) is 28.7 Å². The highest BCUT2D eigenvalue weighted by atomic mass is 32.2. The molecular weight excluding hydrogens is 416 g/mol. The molecule has 2 fully saturated rings. The minimum absolute atomic E-state index is 0.00932. The first-order valence-electron chi connectivity index (χ1n) is 9.63. The topological polar surface area (TPSA) is 88.4 Å². The van der Waals surface area contributed by atoms with Crippen LogP contribution in [0.3, 0.4) is 0 Å². The molecule has 0 saturated carbocycles. The minimum Gasteiger partial charge on any atom is -0.341 e. The highest BCUT2D eigenvalue weighted by Gasteiger charge is 2.59. The molecule has 0 aliphatic carbocycles. The van der Waals surface area contributed by atoms with Crippen molar-refractivity contribution < 1.29 is 22.0 Å². The van der Waals surface area contributed by atoms with Crippen LogP contribution in [-0.4, -0.2) is 64.5 Å². The summed E-state index contributed by atoms with van der Waals surface area (Å²) in [6.07, 6.45) is 1.57. The molecule has 1 atom stereocenters. The van der Waals surface area contributed by atoms with E-state index in [0.717, 1.165) is 12.1 Å². The first-order chi connectivity index (χ1) is 14.0. The average Bonchev–Trinajstić information content (AvgIpc) is 3.22. The number of hydrogen-bond donors (Lipinski definition) is 0. The first kappa shape index (κ1) is 20.9. The van der Waals surface area contributed by atoms with Gasteiger partial charge < -0.3 is 9.47 Å². The van der Waals surface area contributed by atoms with Crippen molar-refractivity contribution in [2.45, 2.75) is 24.7 Å². The lowest BCUT2D eigenvalue weighted by Crippen LogP contribution is -2.61. The summed E-state index contributed by atoms with van der Waals surface area (Å²) in [6, 6.07) is 2.42. The lowest BCUT2D eigenvalue weighted by Gasteiger charge is -2.49. The van der Waals surface area contributed by atoms with Crippen molar-refractivity contribution in [2.75, 3.05) is 26.2 Å². The van der Waals surface area contributed by atoms with Crippen molar-refractivity contribution in [3.8, 4) is 0 Å². The molecule has 1 amide bonds. The normalized spacial score (nSPS) is 21.4. The van der Waals surface area contributed by atoms with Gasteiger partial charge >= 0.3 is 0 Å². The van der Waals surface area contributed by atoms with Gasteiger partial charge in [-0.05, 0) is 12.1 Å². The monoisotopic (exact) mass is 439 g/mol. The minimum atomic E-state index is -4.12. The van der Waals surface area contributed by atoms with Gasteiger partial charge in [-0.25, -0.2) is 17.2 Å². The van der Waals surface area contributed by atoms with E-state index in [0.29, 0.717) is 25.0 Å². The predicted molar refractivity (Wildman–Crippen MR) is 103 cm³/mol. The van der Waals surface area contributed by atoms with Crippen LogP contribution < -0.4 is 0 Å². The number of carbonyl (C=O) groups is 1. The second-order valence-electron chi connectivity index (χ2n) is 8.44. The molecular formula is C19H23F2N5O3S. The van der Waals surface area contributed by atoms with Crippen LogP contribution in [0, 0.1) is 23.0 Å². The molecule has 8 nitrogen and oxygen atoms in total. The van der Waals surface area contributed by atoms with Gasteiger partial charge in [0.25, 0.3) is 0 Å². The molecule has 1 spiro atoms. The highest BCUT2D eigenvalue weighted by Crippen LogP contribution is 2.50. The molecule has 162 valence electrons. The van der Waals surface area contributed by atoms with Crippen molar-refractivity contribution >= 4 is 15.9 Å². The number of benzene rings is 1. The zero-order valence-corrected chi connectivity index (χ0v) is 17.7. The molecule has 30 heavy (non-hydrogen) atoms. The maximum absolute atomic E-state index is 14.1. The summed E-state index contributed by atoms with van der Waals surface area (Å²) in [5.74, 6) is -1.67. The number of nitrogens with zero attached hydrogens (tertiary/aromatic N) is 5. The Bertz CT molecular complexity index is 1100. The zero-order valence-electron chi connectivity index (χ0n) is 16.9. The molecule has 2 saturated heterocycles. The van der Waals surface area contributed by atoms with Crippen molar-refractivity contribution in [1.82, 2.24) is 24.0 Å². The number of rotatable bonds is 4. The summed E-state index contributed by atoms with van der Waals surface area (Å²) in [7, 11) is -2.32. The molecule has 2 aromatic rings. The maximum atomic E-state index is 14.1. The Morgan fingerprint density at radius 3 is 2.50 bits per heavy atom. The van der Waals surface area contributed by atoms with E-state index in [1.54, 1.807) is 22.8 Å². The quantitative estimate of drug-likeness (QED) is 0.718. The largest absolute Gasteiger partial charge is 0.341 e. The SMILES string of the molecule is CC(C)C(=O)N1CC(c2nncn2C)C2(C1)CN(S(=O)(=O)c1ccc(F)cc1F)C2. The molecule has 4 rings (SSSR count). The third-order valence-electron chi connectivity index (χ3n) is 6.01. The summed E-state index contributed by atoms with van der Waals surface area (Å²) in [5.41, 5.74) is -0.533. The van der Waals surface area contributed by atoms with Crippen LogP contribution in [-0.2, 0) is 21.9 Å². The fourth-order valence-corrected chi connectivity index (χ4v) is 6.11. The highest BCUT2D eigenvalue weighted by molar-refractivity contribution is 7.89. The molecule has 0 radical (unpaired) electrons. The zero-order chi connectivity index (χ0) is 21.8. The maximum Gasteiger partial charge on any atom is 0.246 e. The van der Waals surface area contributed by atoms with Crippen LogP contribution in [0.4, 0.5) is 8.78 Å². The van der Waals surface area contributed by atoms with Gasteiger partial charge in [-0.2, -0.15) is 4.31 Å². The third-order valence-corrected chi connectivity index (χ3v) is 7.83. The Balaban J connectivity index is 1.63. The van der Waals surface area contributed by atoms with E-state index in [-0.39, 0.29) is 30.8 Å². The van der Waals surface area contributed by atoms with Gasteiger partial charge in [0.15, 0.2) is 0 Å². The molecule has 0 N–H and O–H groups in total. The van der Waals surface area contributed by atoms with E-state index in [4.69, 9.17) is 0 Å². The second-order valence-corrected chi connectivity index (χ2v) is 10.3. The fourth-order valence-electron chi connectivity index (χ4n) is 4.44. The fraction of sp³-hybridized carbons (Fsp3) is 0.526. The van der Waals surface area contributed by atoms with Crippen molar-refractivity contribution in [3.05, 3.63) is 42.0 Å². The molecule has 11 heteroatoms. The van der Waals surface area contributed by atoms with Crippen LogP contribution in [0.5, 0.6) is 0 Å². The number of sulfonamides is 1. The summed E-state index contributed by atoms with van der Waals surface area (Å²) in [4.78, 5) is 13.8. The van der Waals surface area contributed by atoms with Gasteiger partial charge in [0, 0.05) is 56.5 Å². The van der Waals surface area contributed by atoms with Gasteiger partial charge in [-0.1, -0.05) is 13.8 Å². The van der Waals surface area contributed by atoms with Crippen molar-refractivity contribution in [3.63, 3.8) is 0 Å². The van der Waals surface area contributed by atoms with E-state index < -0.39 is 32.0 Å². The van der Waals surface area contributed by atoms with Crippen LogP contribution in [0.25, 0.3) is 0 Å². The summed E-state index contributed by atoms with van der Waals surface area (Å²) < 4.78 is 56.1. The smallest absolute Gasteiger partial charge is 0.246 e. The Labute approximate surface area is 173 Å². The number of aryl methyl sites for hydroxylation is 1. The van der Waals surface area contributed by atoms with Gasteiger partial charge in [-0.3, -0.25) is 4.79 Å². The van der Waals surface area contributed by atoms with E-state index in [1.165, 1.54) is 4.31 Å². The average molecular weight is 439 g/mol. The molecule has 3 heterocycles. The van der Waals surface area contributed by atoms with E-state index in [9.17, 15) is 22.0 Å². The Morgan fingerprint density at radius 2 is 1.93 bits per heavy atom. The summed E-state index contributed by atoms with van der Waals surface area (Å²) in [5, 5.41) is 8.11. The van der Waals surface area contributed by atoms with Gasteiger partial charge in [0.2, 0.25) is 15.9 Å². The van der Waals surface area contributed by atoms with E-state index in [1.807, 2.05) is 13.8 Å². The molecule has 0 bridgehead atoms. The van der Waals surface area contributed by atoms with Crippen molar-refractivity contribution in [1.29, 1.82) is 0 Å². The number of likely N-dealkylation sites (tertiary alicyclic amines) is 1. The Kier molecular flexibility index (Phi) is 4.93. The van der Waals surface area contributed by atoms with Crippen LogP contribution >= 0.6 is 0 Å². The molecule has 2 aliphatic rings. The van der Waals surface area contributed by atoms with E-state index in [2.05, 4.69) is 10.2 Å². The predicted octanol–water partition coefficient (Wildman–Crippen LogP) is 1.37. The molecule has 1 unspecified atom stereocenters. The van der Waals surface area contributed by atoms with Gasteiger partial charge in [-0.15, -0.1) is 10.2 Å². The third kappa shape index (κ3) is 3.20. The number of carbonyl (C=O) groups excluding carboxylic acids is 1. The van der Waals surface area contributed by atoms with Crippen LogP contribution in [0.2, 0.25) is 0 Å². The Morgan fingerprint density at radius 1 is 1.23 bits per heavy atom. The number of halogens is 2. The molecule has 2 aliphatic heterocycles. The summed E-state index contributed by atoms with van der Waals surface area (Å²) >= 11 is 0. The van der Waals surface area contributed by atoms with Crippen LogP contribution in [0.1, 0.15) is 25.6 Å². The lowest BCUT2D eigenvalue weighted by atomic mass is 9.72. The van der Waals surface area contributed by atoms with E-state index >= 15 is 0 Å². The molecule has 1 aromatic heterocycles. The van der Waals surface area contributed by atoms with Gasteiger partial charge in [0.05, 0.1) is 0 Å². The van der Waals surface area contributed by atoms with Crippen LogP contribution in [0.15, 0.2) is 29.4 Å².